The van der Waals surface area contributed by atoms with Gasteiger partial charge in [-0.2, -0.15) is 0 Å². The predicted octanol–water partition coefficient (Wildman–Crippen LogP) is 1.59. The summed E-state index contributed by atoms with van der Waals surface area (Å²) in [5, 5.41) is 0.659. The Kier molecular flexibility index (Phi) is 3.12. The zero-order chi connectivity index (χ0) is 13.4. The number of amides is 2. The summed E-state index contributed by atoms with van der Waals surface area (Å²) in [5.74, 6) is -0.603. The van der Waals surface area contributed by atoms with E-state index in [1.165, 1.54) is 0 Å². The van der Waals surface area contributed by atoms with Gasteiger partial charge >= 0.3 is 5.97 Å². The molecule has 1 saturated heterocycles. The molecule has 0 aromatic rings. The molecule has 0 aromatic carbocycles. The Balaban J connectivity index is 1.60. The summed E-state index contributed by atoms with van der Waals surface area (Å²) in [6, 6.07) is 0. The number of carbonyl (C=O) groups excluding carboxylic acids is 3. The first-order chi connectivity index (χ1) is 9.18. The first-order valence-corrected chi connectivity index (χ1v) is 6.91. The van der Waals surface area contributed by atoms with Crippen molar-refractivity contribution in [3.8, 4) is 0 Å². The van der Waals surface area contributed by atoms with Crippen LogP contribution in [0.25, 0.3) is 0 Å². The van der Waals surface area contributed by atoms with E-state index in [0.717, 1.165) is 25.7 Å². The van der Waals surface area contributed by atoms with Gasteiger partial charge in [-0.1, -0.05) is 12.2 Å². The molecule has 2 aliphatic carbocycles. The Morgan fingerprint density at radius 2 is 1.58 bits per heavy atom. The van der Waals surface area contributed by atoms with Crippen molar-refractivity contribution in [2.75, 3.05) is 0 Å². The molecule has 3 rings (SSSR count). The maximum Gasteiger partial charge on any atom is 0.336 e. The van der Waals surface area contributed by atoms with Gasteiger partial charge in [-0.15, -0.1) is 5.06 Å². The maximum absolute atomic E-state index is 12.1. The summed E-state index contributed by atoms with van der Waals surface area (Å²) in [6.07, 6.45) is 8.57. The minimum atomic E-state index is -0.405. The molecule has 0 N–H and O–H groups in total. The molecule has 19 heavy (non-hydrogen) atoms. The van der Waals surface area contributed by atoms with Gasteiger partial charge in [0, 0.05) is 12.8 Å². The van der Waals surface area contributed by atoms with E-state index >= 15 is 0 Å². The van der Waals surface area contributed by atoms with Crippen LogP contribution < -0.4 is 0 Å². The van der Waals surface area contributed by atoms with Crippen molar-refractivity contribution in [1.29, 1.82) is 0 Å². The lowest BCUT2D eigenvalue weighted by molar-refractivity contribution is -0.199. The molecular weight excluding hydrogens is 246 g/mol. The molecule has 2 fully saturated rings. The second-order valence-electron chi connectivity index (χ2n) is 5.47. The highest BCUT2D eigenvalue weighted by Crippen LogP contribution is 2.53. The lowest BCUT2D eigenvalue weighted by Gasteiger charge is -2.12. The first kappa shape index (κ1) is 12.4. The van der Waals surface area contributed by atoms with Gasteiger partial charge < -0.3 is 4.84 Å². The molecule has 5 heteroatoms. The fourth-order valence-electron chi connectivity index (χ4n) is 3.20. The molecule has 2 amide bonds. The molecule has 5 nitrogen and oxygen atoms in total. The van der Waals surface area contributed by atoms with Gasteiger partial charge in [-0.05, 0) is 37.5 Å². The minimum Gasteiger partial charge on any atom is -0.330 e. The van der Waals surface area contributed by atoms with E-state index in [2.05, 4.69) is 12.2 Å². The lowest BCUT2D eigenvalue weighted by Crippen LogP contribution is -2.33. The van der Waals surface area contributed by atoms with Crippen molar-refractivity contribution in [1.82, 2.24) is 5.06 Å². The van der Waals surface area contributed by atoms with Crippen molar-refractivity contribution in [2.45, 2.75) is 38.5 Å². The zero-order valence-electron chi connectivity index (χ0n) is 10.7. The molecule has 0 bridgehead atoms. The van der Waals surface area contributed by atoms with Crippen molar-refractivity contribution in [2.24, 2.45) is 17.8 Å². The molecule has 0 spiro atoms. The van der Waals surface area contributed by atoms with Crippen LogP contribution in [0.1, 0.15) is 38.5 Å². The topological polar surface area (TPSA) is 63.7 Å². The van der Waals surface area contributed by atoms with E-state index in [0.29, 0.717) is 16.9 Å². The summed E-state index contributed by atoms with van der Waals surface area (Å²) in [5.41, 5.74) is 0. The smallest absolute Gasteiger partial charge is 0.330 e. The Hall–Kier alpha value is -1.65. The second-order valence-corrected chi connectivity index (χ2v) is 5.47. The molecule has 1 aliphatic heterocycles. The number of imide groups is 1. The van der Waals surface area contributed by atoms with Gasteiger partial charge in [-0.25, -0.2) is 4.79 Å². The van der Waals surface area contributed by atoms with Crippen molar-refractivity contribution in [3.05, 3.63) is 12.2 Å². The Labute approximate surface area is 111 Å². The number of hydrogen-bond donors (Lipinski definition) is 0. The number of hydrogen-bond acceptors (Lipinski definition) is 4. The van der Waals surface area contributed by atoms with E-state index in [4.69, 9.17) is 4.84 Å². The van der Waals surface area contributed by atoms with Crippen molar-refractivity contribution in [3.63, 3.8) is 0 Å². The average Bonchev–Trinajstić information content (AvgIpc) is 2.94. The average molecular weight is 263 g/mol. The lowest BCUT2D eigenvalue weighted by atomic mass is 10.1. The quantitative estimate of drug-likeness (QED) is 0.560. The first-order valence-electron chi connectivity index (χ1n) is 6.91. The number of fused-ring (bicyclic) bond motifs is 1. The molecule has 2 unspecified atom stereocenters. The van der Waals surface area contributed by atoms with Crippen molar-refractivity contribution < 1.29 is 19.2 Å². The van der Waals surface area contributed by atoms with Gasteiger partial charge in [0.25, 0.3) is 11.8 Å². The van der Waals surface area contributed by atoms with Crippen molar-refractivity contribution >= 4 is 17.8 Å². The molecular formula is C14H17NO4. The fraction of sp³-hybridized carbons (Fsp3) is 0.643. The zero-order valence-corrected chi connectivity index (χ0v) is 10.7. The summed E-state index contributed by atoms with van der Waals surface area (Å²) in [4.78, 5) is 39.9. The summed E-state index contributed by atoms with van der Waals surface area (Å²) in [7, 11) is 0. The van der Waals surface area contributed by atoms with E-state index < -0.39 is 17.8 Å². The van der Waals surface area contributed by atoms with Crippen LogP contribution in [-0.2, 0) is 19.2 Å². The monoisotopic (exact) mass is 263 g/mol. The molecule has 0 radical (unpaired) electrons. The highest BCUT2D eigenvalue weighted by Gasteiger charge is 2.55. The van der Waals surface area contributed by atoms with Crippen LogP contribution in [0.2, 0.25) is 0 Å². The highest BCUT2D eigenvalue weighted by molar-refractivity contribution is 6.01. The number of rotatable bonds is 2. The summed E-state index contributed by atoms with van der Waals surface area (Å²) >= 11 is 0. The summed E-state index contributed by atoms with van der Waals surface area (Å²) in [6.45, 7) is 0. The highest BCUT2D eigenvalue weighted by atomic mass is 16.7. The number of hydroxylamine groups is 2. The van der Waals surface area contributed by atoms with Crippen LogP contribution in [0, 0.1) is 17.8 Å². The molecule has 0 aromatic heterocycles. The van der Waals surface area contributed by atoms with Crippen LogP contribution >= 0.6 is 0 Å². The van der Waals surface area contributed by atoms with Gasteiger partial charge in [0.05, 0.1) is 5.92 Å². The SMILES string of the molecule is O=C(ON1C(=O)CCC1=O)C1C2CCC=CCCC21. The fourth-order valence-corrected chi connectivity index (χ4v) is 3.20. The van der Waals surface area contributed by atoms with E-state index in [1.54, 1.807) is 0 Å². The summed E-state index contributed by atoms with van der Waals surface area (Å²) < 4.78 is 0. The molecule has 1 saturated carbocycles. The number of carbonyl (C=O) groups is 3. The second kappa shape index (κ2) is 4.79. The van der Waals surface area contributed by atoms with Gasteiger partial charge in [0.2, 0.25) is 0 Å². The standard InChI is InChI=1S/C14H17NO4/c16-11-7-8-12(17)15(11)19-14(18)13-9-5-3-1-2-4-6-10(9)13/h1-2,9-10,13H,3-8H2. The molecule has 3 aliphatic rings. The third-order valence-corrected chi connectivity index (χ3v) is 4.29. The minimum absolute atomic E-state index is 0.124. The van der Waals surface area contributed by atoms with Gasteiger partial charge in [-0.3, -0.25) is 9.59 Å². The number of nitrogens with zero attached hydrogens (tertiary/aromatic N) is 1. The van der Waals surface area contributed by atoms with Crippen LogP contribution in [0.3, 0.4) is 0 Å². The predicted molar refractivity (Wildman–Crippen MR) is 65.3 cm³/mol. The Bertz CT molecular complexity index is 424. The van der Waals surface area contributed by atoms with Crippen LogP contribution in [-0.4, -0.2) is 22.8 Å². The van der Waals surface area contributed by atoms with Gasteiger partial charge in [0.15, 0.2) is 0 Å². The third-order valence-electron chi connectivity index (χ3n) is 4.29. The van der Waals surface area contributed by atoms with Crippen LogP contribution in [0.15, 0.2) is 12.2 Å². The molecule has 2 atom stereocenters. The van der Waals surface area contributed by atoms with E-state index in [1.807, 2.05) is 0 Å². The normalized spacial score (nSPS) is 33.7. The van der Waals surface area contributed by atoms with Crippen LogP contribution in [0.5, 0.6) is 0 Å². The number of allylic oxidation sites excluding steroid dienone is 2. The Morgan fingerprint density at radius 3 is 2.11 bits per heavy atom. The van der Waals surface area contributed by atoms with Crippen LogP contribution in [0.4, 0.5) is 0 Å². The van der Waals surface area contributed by atoms with Gasteiger partial charge in [0.1, 0.15) is 0 Å². The largest absolute Gasteiger partial charge is 0.336 e. The maximum atomic E-state index is 12.1. The Morgan fingerprint density at radius 1 is 1.05 bits per heavy atom. The third kappa shape index (κ3) is 2.29. The molecule has 1 heterocycles. The molecule has 102 valence electrons. The van der Waals surface area contributed by atoms with E-state index in [9.17, 15) is 14.4 Å². The van der Waals surface area contributed by atoms with E-state index in [-0.39, 0.29) is 18.8 Å².